The van der Waals surface area contributed by atoms with Crippen LogP contribution in [0.3, 0.4) is 0 Å². The van der Waals surface area contributed by atoms with Gasteiger partial charge in [-0.2, -0.15) is 5.26 Å². The predicted molar refractivity (Wildman–Crippen MR) is 129 cm³/mol. The predicted octanol–water partition coefficient (Wildman–Crippen LogP) is 7.17. The van der Waals surface area contributed by atoms with Crippen molar-refractivity contribution in [1.82, 2.24) is 4.98 Å². The molecule has 0 spiro atoms. The summed E-state index contributed by atoms with van der Waals surface area (Å²) in [5.74, 6) is 3.39. The number of hydrogen-bond acceptors (Lipinski definition) is 4. The van der Waals surface area contributed by atoms with E-state index in [-0.39, 0.29) is 0 Å². The summed E-state index contributed by atoms with van der Waals surface area (Å²) in [7, 11) is 0. The van der Waals surface area contributed by atoms with Gasteiger partial charge in [-0.25, -0.2) is 4.98 Å². The highest BCUT2D eigenvalue weighted by molar-refractivity contribution is 6.33. The van der Waals surface area contributed by atoms with Gasteiger partial charge >= 0.3 is 0 Å². The van der Waals surface area contributed by atoms with E-state index in [0.29, 0.717) is 16.9 Å². The number of rotatable bonds is 5. The summed E-state index contributed by atoms with van der Waals surface area (Å²) < 4.78 is 0. The molecule has 4 aliphatic carbocycles. The minimum absolute atomic E-state index is 0.389. The van der Waals surface area contributed by atoms with Crippen molar-refractivity contribution in [3.63, 3.8) is 0 Å². The van der Waals surface area contributed by atoms with E-state index in [1.165, 1.54) is 37.7 Å². The van der Waals surface area contributed by atoms with Crippen molar-refractivity contribution in [2.75, 3.05) is 10.6 Å². The summed E-state index contributed by atoms with van der Waals surface area (Å²) in [6.07, 6.45) is 7.02. The monoisotopic (exact) mass is 440 g/mol. The quantitative estimate of drug-likeness (QED) is 0.441. The summed E-state index contributed by atoms with van der Waals surface area (Å²) in [6, 6.07) is 22.1. The summed E-state index contributed by atoms with van der Waals surface area (Å²) in [4.78, 5) is 4.25. The van der Waals surface area contributed by atoms with Crippen LogP contribution in [0.5, 0.6) is 0 Å². The molecule has 0 saturated heterocycles. The molecular formula is C27H25ClN4. The molecule has 2 aromatic carbocycles. The molecule has 3 aromatic rings. The molecule has 5 heteroatoms. The van der Waals surface area contributed by atoms with Crippen molar-refractivity contribution >= 4 is 34.5 Å². The highest BCUT2D eigenvalue weighted by Gasteiger charge is 2.58. The first kappa shape index (κ1) is 19.6. The Balaban J connectivity index is 1.17. The lowest BCUT2D eigenvalue weighted by Crippen LogP contribution is -2.27. The molecule has 0 amide bonds. The van der Waals surface area contributed by atoms with Gasteiger partial charge in [0.05, 0.1) is 10.7 Å². The number of nitrogens with zero attached hydrogens (tertiary/aromatic N) is 2. The van der Waals surface area contributed by atoms with E-state index in [2.05, 4.69) is 39.9 Å². The first-order valence-electron chi connectivity index (χ1n) is 11.4. The van der Waals surface area contributed by atoms with Crippen molar-refractivity contribution < 1.29 is 0 Å². The molecule has 4 aliphatic rings. The van der Waals surface area contributed by atoms with E-state index in [1.807, 2.05) is 36.4 Å². The van der Waals surface area contributed by atoms with E-state index >= 15 is 0 Å². The normalized spacial score (nSPS) is 27.3. The van der Waals surface area contributed by atoms with Crippen molar-refractivity contribution in [1.29, 1.82) is 5.26 Å². The molecule has 32 heavy (non-hydrogen) atoms. The van der Waals surface area contributed by atoms with Crippen LogP contribution < -0.4 is 10.6 Å². The third-order valence-corrected chi connectivity index (χ3v) is 8.15. The van der Waals surface area contributed by atoms with Crippen LogP contribution in [0.4, 0.5) is 22.9 Å². The Morgan fingerprint density at radius 2 is 1.62 bits per heavy atom. The lowest BCUT2D eigenvalue weighted by atomic mass is 9.71. The first-order valence-corrected chi connectivity index (χ1v) is 11.8. The largest absolute Gasteiger partial charge is 0.354 e. The number of aromatic nitrogens is 1. The Morgan fingerprint density at radius 3 is 2.31 bits per heavy atom. The van der Waals surface area contributed by atoms with Crippen LogP contribution in [-0.2, 0) is 5.41 Å². The van der Waals surface area contributed by atoms with Crippen LogP contribution in [0.2, 0.25) is 5.02 Å². The highest BCUT2D eigenvalue weighted by atomic mass is 35.5. The maximum absolute atomic E-state index is 9.00. The number of nitrogens with one attached hydrogen (secondary N) is 2. The Labute approximate surface area is 193 Å². The molecule has 2 unspecified atom stereocenters. The molecular weight excluding hydrogens is 416 g/mol. The lowest BCUT2D eigenvalue weighted by molar-refractivity contribution is 0.266. The number of nitriles is 1. The van der Waals surface area contributed by atoms with Crippen molar-refractivity contribution in [3.05, 3.63) is 76.9 Å². The Bertz CT molecular complexity index is 1200. The van der Waals surface area contributed by atoms with Gasteiger partial charge < -0.3 is 10.6 Å². The maximum Gasteiger partial charge on any atom is 0.142 e. The van der Waals surface area contributed by atoms with Crippen LogP contribution in [0.1, 0.15) is 43.4 Å². The molecule has 4 fully saturated rings. The summed E-state index contributed by atoms with van der Waals surface area (Å²) in [5.41, 5.74) is 5.06. The fraction of sp³-hybridized carbons (Fsp3) is 0.333. The summed E-state index contributed by atoms with van der Waals surface area (Å²) in [5, 5.41) is 16.5. The number of benzene rings is 2. The summed E-state index contributed by atoms with van der Waals surface area (Å²) in [6.45, 7) is 0. The molecule has 0 aliphatic heterocycles. The fourth-order valence-electron chi connectivity index (χ4n) is 6.70. The topological polar surface area (TPSA) is 60.7 Å². The van der Waals surface area contributed by atoms with Gasteiger partial charge in [-0.1, -0.05) is 23.7 Å². The van der Waals surface area contributed by atoms with Gasteiger partial charge in [0.15, 0.2) is 0 Å². The second-order valence-corrected chi connectivity index (χ2v) is 10.1. The molecule has 4 bridgehead atoms. The number of anilines is 4. The van der Waals surface area contributed by atoms with Gasteiger partial charge in [0.25, 0.3) is 0 Å². The van der Waals surface area contributed by atoms with E-state index in [0.717, 1.165) is 39.8 Å². The first-order chi connectivity index (χ1) is 15.6. The molecule has 160 valence electrons. The van der Waals surface area contributed by atoms with E-state index < -0.39 is 0 Å². The van der Waals surface area contributed by atoms with Crippen LogP contribution in [0.15, 0.2) is 60.7 Å². The average molecular weight is 441 g/mol. The Hall–Kier alpha value is -3.03. The zero-order chi connectivity index (χ0) is 21.7. The molecule has 4 saturated carbocycles. The molecule has 2 N–H and O–H groups in total. The van der Waals surface area contributed by atoms with Crippen LogP contribution in [0.25, 0.3) is 0 Å². The second kappa shape index (κ2) is 7.53. The molecule has 1 heterocycles. The van der Waals surface area contributed by atoms with Crippen molar-refractivity contribution in [2.45, 2.75) is 37.5 Å². The standard InChI is InChI=1S/C27H25ClN4/c28-24-13-19(27-14-17-10-18(15-27)12-20(27)11-17)4-9-25(24)30-21-5-7-22(8-6-21)31-26-3-1-2-23(16-29)32-26/h1-9,13,17-18,20,30H,10-12,14-15H2,(H,31,32). The molecule has 4 nitrogen and oxygen atoms in total. The summed E-state index contributed by atoms with van der Waals surface area (Å²) >= 11 is 6.75. The van der Waals surface area contributed by atoms with E-state index in [1.54, 1.807) is 6.07 Å². The third-order valence-electron chi connectivity index (χ3n) is 7.83. The van der Waals surface area contributed by atoms with E-state index in [9.17, 15) is 0 Å². The second-order valence-electron chi connectivity index (χ2n) is 9.74. The molecule has 0 radical (unpaired) electrons. The SMILES string of the molecule is N#Cc1cccc(Nc2ccc(Nc3ccc(C45CC6CC(CC4C6)C5)cc3Cl)cc2)n1. The van der Waals surface area contributed by atoms with Gasteiger partial charge in [0.1, 0.15) is 17.6 Å². The van der Waals surface area contributed by atoms with Crippen LogP contribution in [0, 0.1) is 29.1 Å². The molecule has 1 aromatic heterocycles. The van der Waals surface area contributed by atoms with Crippen molar-refractivity contribution in [2.24, 2.45) is 17.8 Å². The zero-order valence-electron chi connectivity index (χ0n) is 17.8. The number of pyridine rings is 1. The van der Waals surface area contributed by atoms with Gasteiger partial charge in [0.2, 0.25) is 0 Å². The molecule has 7 rings (SSSR count). The Kier molecular flexibility index (Phi) is 4.62. The fourth-order valence-corrected chi connectivity index (χ4v) is 6.93. The maximum atomic E-state index is 9.00. The number of halogens is 1. The third kappa shape index (κ3) is 3.32. The van der Waals surface area contributed by atoms with Crippen LogP contribution in [-0.4, -0.2) is 4.98 Å². The van der Waals surface area contributed by atoms with Gasteiger partial charge in [-0.05, 0) is 109 Å². The number of hydrogen-bond donors (Lipinski definition) is 2. The van der Waals surface area contributed by atoms with Gasteiger partial charge in [0, 0.05) is 11.4 Å². The van der Waals surface area contributed by atoms with Crippen molar-refractivity contribution in [3.8, 4) is 6.07 Å². The minimum atomic E-state index is 0.389. The average Bonchev–Trinajstić information content (AvgIpc) is 3.21. The molecule has 2 atom stereocenters. The van der Waals surface area contributed by atoms with Crippen LogP contribution >= 0.6 is 11.6 Å². The lowest BCUT2D eigenvalue weighted by Gasteiger charge is -2.34. The zero-order valence-corrected chi connectivity index (χ0v) is 18.6. The minimum Gasteiger partial charge on any atom is -0.354 e. The van der Waals surface area contributed by atoms with Gasteiger partial charge in [-0.15, -0.1) is 0 Å². The van der Waals surface area contributed by atoms with Gasteiger partial charge in [-0.3, -0.25) is 0 Å². The van der Waals surface area contributed by atoms with E-state index in [4.69, 9.17) is 16.9 Å². The highest BCUT2D eigenvalue weighted by Crippen LogP contribution is 2.66. The smallest absolute Gasteiger partial charge is 0.142 e. The Morgan fingerprint density at radius 1 is 0.906 bits per heavy atom.